The highest BCUT2D eigenvalue weighted by Crippen LogP contribution is 2.50. The molecule has 1 amide bonds. The number of carbonyl (C=O) groups is 2. The number of nitro benzene ring substituents is 1. The summed E-state index contributed by atoms with van der Waals surface area (Å²) in [5.41, 5.74) is -6.44. The van der Waals surface area contributed by atoms with E-state index >= 15 is 0 Å². The largest absolute Gasteiger partial charge is 0.534 e. The molecule has 0 bridgehead atoms. The number of non-ortho nitro benzene ring substituents is 1. The van der Waals surface area contributed by atoms with Crippen molar-refractivity contribution in [1.82, 2.24) is 4.90 Å². The molecule has 0 spiro atoms. The lowest BCUT2D eigenvalue weighted by molar-refractivity contribution is -0.384. The summed E-state index contributed by atoms with van der Waals surface area (Å²) in [4.78, 5) is 37.5. The summed E-state index contributed by atoms with van der Waals surface area (Å²) < 4.78 is 79.3. The minimum absolute atomic E-state index is 0.213. The lowest BCUT2D eigenvalue weighted by Gasteiger charge is -2.49. The van der Waals surface area contributed by atoms with Gasteiger partial charge in [0.15, 0.2) is 19.8 Å². The van der Waals surface area contributed by atoms with Gasteiger partial charge in [0.05, 0.1) is 23.0 Å². The molecule has 4 atom stereocenters. The summed E-state index contributed by atoms with van der Waals surface area (Å²) in [7, 11) is -8.56. The van der Waals surface area contributed by atoms with E-state index in [0.29, 0.717) is 5.56 Å². The molecule has 1 fully saturated rings. The lowest BCUT2D eigenvalue weighted by atomic mass is 9.79. The average Bonchev–Trinajstić information content (AvgIpc) is 3.03. The van der Waals surface area contributed by atoms with Crippen LogP contribution in [0.3, 0.4) is 0 Å². The van der Waals surface area contributed by atoms with Gasteiger partial charge in [-0.2, -0.15) is 21.6 Å². The summed E-state index contributed by atoms with van der Waals surface area (Å²) in [6.07, 6.45) is -0.687. The zero-order valence-corrected chi connectivity index (χ0v) is 24.8. The second kappa shape index (κ2) is 10.4. The molecule has 2 aliphatic heterocycles. The van der Waals surface area contributed by atoms with Gasteiger partial charge in [-0.1, -0.05) is 27.7 Å². The first-order valence-electron chi connectivity index (χ1n) is 12.3. The molecule has 0 aromatic heterocycles. The predicted molar refractivity (Wildman–Crippen MR) is 137 cm³/mol. The van der Waals surface area contributed by atoms with Crippen molar-refractivity contribution in [2.24, 2.45) is 11.8 Å². The molecule has 2 aliphatic rings. The predicted octanol–water partition coefficient (Wildman–Crippen LogP) is 4.60. The molecule has 0 N–H and O–H groups in total. The van der Waals surface area contributed by atoms with Crippen molar-refractivity contribution in [3.05, 3.63) is 51.4 Å². The van der Waals surface area contributed by atoms with Gasteiger partial charge in [0, 0.05) is 18.1 Å². The van der Waals surface area contributed by atoms with E-state index in [2.05, 4.69) is 4.18 Å². The fraction of sp³-hybridized carbons (Fsp3) is 0.583. The molecule has 40 heavy (non-hydrogen) atoms. The number of ether oxygens (including phenoxy) is 1. The number of β-lactam (4-membered cyclic amide) rings is 1. The van der Waals surface area contributed by atoms with Crippen LogP contribution in [0, 0.1) is 22.0 Å². The second-order valence-electron chi connectivity index (χ2n) is 11.3. The van der Waals surface area contributed by atoms with Gasteiger partial charge in [0.1, 0.15) is 6.61 Å². The smallest absolute Gasteiger partial charge is 0.456 e. The van der Waals surface area contributed by atoms with Gasteiger partial charge in [0.2, 0.25) is 5.91 Å². The molecule has 11 nitrogen and oxygen atoms in total. The fourth-order valence-corrected chi connectivity index (χ4v) is 6.41. The molecular weight excluding hydrogens is 577 g/mol. The Hall–Kier alpha value is -2.98. The quantitative estimate of drug-likeness (QED) is 0.0747. The van der Waals surface area contributed by atoms with Crippen LogP contribution >= 0.6 is 0 Å². The van der Waals surface area contributed by atoms with Gasteiger partial charge < -0.3 is 13.3 Å². The molecular formula is C24H31F3N2O9SSi. The van der Waals surface area contributed by atoms with Gasteiger partial charge in [-0.25, -0.2) is 4.79 Å². The van der Waals surface area contributed by atoms with Crippen LogP contribution in [-0.4, -0.2) is 56.1 Å². The molecule has 222 valence electrons. The molecule has 1 aromatic carbocycles. The fourth-order valence-electron chi connectivity index (χ4n) is 4.42. The number of carbonyl (C=O) groups excluding carboxylic acids is 2. The second-order valence-corrected chi connectivity index (χ2v) is 17.6. The van der Waals surface area contributed by atoms with E-state index < -0.39 is 82.8 Å². The third-order valence-corrected chi connectivity index (χ3v) is 13.1. The van der Waals surface area contributed by atoms with Crippen molar-refractivity contribution in [2.45, 2.75) is 77.0 Å². The van der Waals surface area contributed by atoms with Crippen LogP contribution in [0.1, 0.15) is 40.2 Å². The number of benzene rings is 1. The third-order valence-electron chi connectivity index (χ3n) is 7.57. The van der Waals surface area contributed by atoms with Crippen LogP contribution in [0.4, 0.5) is 18.9 Å². The van der Waals surface area contributed by atoms with Crippen LogP contribution in [-0.2, 0) is 39.7 Å². The zero-order chi connectivity index (χ0) is 30.6. The van der Waals surface area contributed by atoms with E-state index in [1.165, 1.54) is 19.1 Å². The van der Waals surface area contributed by atoms with Crippen LogP contribution in [0.2, 0.25) is 18.1 Å². The number of nitro groups is 1. The van der Waals surface area contributed by atoms with Gasteiger partial charge in [-0.15, -0.1) is 0 Å². The average molecular weight is 609 g/mol. The number of hydrogen-bond donors (Lipinski definition) is 0. The Morgan fingerprint density at radius 1 is 1.18 bits per heavy atom. The van der Waals surface area contributed by atoms with E-state index in [9.17, 15) is 41.3 Å². The molecule has 2 unspecified atom stereocenters. The molecule has 0 saturated carbocycles. The normalized spacial score (nSPS) is 22.5. The first-order valence-corrected chi connectivity index (χ1v) is 16.6. The van der Waals surface area contributed by atoms with Gasteiger partial charge in [-0.3, -0.25) is 19.8 Å². The summed E-state index contributed by atoms with van der Waals surface area (Å²) in [6, 6.07) is 4.01. The number of esters is 1. The van der Waals surface area contributed by atoms with Crippen molar-refractivity contribution in [3.8, 4) is 0 Å². The number of alkyl halides is 3. The number of amides is 1. The van der Waals surface area contributed by atoms with Crippen molar-refractivity contribution < 1.29 is 49.4 Å². The number of rotatable bonds is 9. The van der Waals surface area contributed by atoms with Crippen LogP contribution in [0.15, 0.2) is 35.7 Å². The maximum absolute atomic E-state index is 13.3. The highest BCUT2D eigenvalue weighted by Gasteiger charge is 2.63. The SMILES string of the molecule is C[C@@H](O[Si](C)(C)C(C)(C)C)C1C(=O)N2C(C(=O)OCc3ccc([N+](=O)[O-])cc3)=C(OS(=O)(=O)C(F)(F)F)[C@H](C)C12. The number of fused-ring (bicyclic) bond motifs is 1. The summed E-state index contributed by atoms with van der Waals surface area (Å²) in [5.74, 6) is -4.78. The van der Waals surface area contributed by atoms with Crippen LogP contribution in [0.25, 0.3) is 0 Å². The third kappa shape index (κ3) is 5.74. The van der Waals surface area contributed by atoms with Crippen molar-refractivity contribution in [1.29, 1.82) is 0 Å². The molecule has 16 heteroatoms. The molecule has 0 aliphatic carbocycles. The zero-order valence-electron chi connectivity index (χ0n) is 22.9. The Morgan fingerprint density at radius 2 is 1.73 bits per heavy atom. The summed E-state index contributed by atoms with van der Waals surface area (Å²) >= 11 is 0. The number of nitrogens with zero attached hydrogens (tertiary/aromatic N) is 2. The van der Waals surface area contributed by atoms with E-state index in [1.807, 2.05) is 33.9 Å². The van der Waals surface area contributed by atoms with E-state index in [4.69, 9.17) is 9.16 Å². The Bertz CT molecular complexity index is 1340. The molecule has 3 rings (SSSR count). The van der Waals surface area contributed by atoms with Gasteiger partial charge in [-0.05, 0) is 42.8 Å². The van der Waals surface area contributed by atoms with Gasteiger partial charge in [0.25, 0.3) is 5.69 Å². The highest BCUT2D eigenvalue weighted by atomic mass is 32.2. The van der Waals surface area contributed by atoms with E-state index in [0.717, 1.165) is 17.0 Å². The van der Waals surface area contributed by atoms with Crippen molar-refractivity contribution in [3.63, 3.8) is 0 Å². The van der Waals surface area contributed by atoms with Gasteiger partial charge >= 0.3 is 21.6 Å². The topological polar surface area (TPSA) is 142 Å². The standard InChI is InChI=1S/C24H31F3N2O9SSi/c1-13-18-17(14(2)38-40(6,7)23(3,4)5)21(30)28(18)19(20(13)37-39(34,35)24(25,26)27)22(31)36-12-15-8-10-16(11-9-15)29(32)33/h8-11,13-14,17-18H,12H2,1-7H3/t13-,14-,17?,18?/m1/s1. The Morgan fingerprint density at radius 3 is 2.20 bits per heavy atom. The minimum Gasteiger partial charge on any atom is -0.456 e. The van der Waals surface area contributed by atoms with E-state index in [1.54, 1.807) is 6.92 Å². The Balaban J connectivity index is 1.92. The first kappa shape index (κ1) is 31.5. The Labute approximate surface area is 230 Å². The van der Waals surface area contributed by atoms with Crippen molar-refractivity contribution >= 4 is 36.0 Å². The van der Waals surface area contributed by atoms with Crippen LogP contribution in [0.5, 0.6) is 0 Å². The van der Waals surface area contributed by atoms with E-state index in [-0.39, 0.29) is 10.7 Å². The lowest BCUT2D eigenvalue weighted by Crippen LogP contribution is -2.65. The highest BCUT2D eigenvalue weighted by molar-refractivity contribution is 7.87. The monoisotopic (exact) mass is 608 g/mol. The number of halogens is 3. The minimum atomic E-state index is -6.17. The Kier molecular flexibility index (Phi) is 8.24. The maximum Gasteiger partial charge on any atom is 0.534 e. The molecule has 2 heterocycles. The molecule has 1 aromatic rings. The molecule has 1 saturated heterocycles. The maximum atomic E-state index is 13.3. The van der Waals surface area contributed by atoms with Crippen LogP contribution < -0.4 is 0 Å². The summed E-state index contributed by atoms with van der Waals surface area (Å²) in [6.45, 7) is 12.5. The van der Waals surface area contributed by atoms with Crippen molar-refractivity contribution in [2.75, 3.05) is 0 Å². The first-order chi connectivity index (χ1) is 18.1. The molecule has 0 radical (unpaired) electrons. The number of hydrogen-bond acceptors (Lipinski definition) is 9. The summed E-state index contributed by atoms with van der Waals surface area (Å²) in [5, 5.41) is 10.6.